The number of benzene rings is 1. The van der Waals surface area contributed by atoms with Gasteiger partial charge in [-0.15, -0.1) is 0 Å². The number of nitrogens with zero attached hydrogens (tertiary/aromatic N) is 1. The third-order valence-corrected chi connectivity index (χ3v) is 2.45. The molecule has 0 heterocycles. The molecule has 17 heavy (non-hydrogen) atoms. The van der Waals surface area contributed by atoms with Gasteiger partial charge in [0.25, 0.3) is 6.43 Å². The Balaban J connectivity index is 3.30. The third kappa shape index (κ3) is 2.50. The molecule has 0 fully saturated rings. The highest BCUT2D eigenvalue weighted by Crippen LogP contribution is 2.33. The molecule has 1 atom stereocenters. The van der Waals surface area contributed by atoms with E-state index in [0.717, 1.165) is 13.0 Å². The minimum Gasteiger partial charge on any atom is -0.490 e. The zero-order chi connectivity index (χ0) is 13.2. The molecule has 0 saturated carbocycles. The number of hydrogen-bond donors (Lipinski definition) is 1. The van der Waals surface area contributed by atoms with Gasteiger partial charge >= 0.3 is 5.69 Å². The van der Waals surface area contributed by atoms with E-state index < -0.39 is 16.9 Å². The first-order valence-corrected chi connectivity index (χ1v) is 4.70. The standard InChI is InChI=1S/C10H12F2N2O3/c1-10(13,9(11)12)6-3-4-8(17-2)7(5-6)14(15)16/h3-5,9H,13H2,1-2H3. The van der Waals surface area contributed by atoms with Gasteiger partial charge in [0.05, 0.1) is 17.6 Å². The summed E-state index contributed by atoms with van der Waals surface area (Å²) < 4.78 is 30.1. The van der Waals surface area contributed by atoms with Crippen LogP contribution in [0.15, 0.2) is 18.2 Å². The molecule has 5 nitrogen and oxygen atoms in total. The van der Waals surface area contributed by atoms with E-state index in [4.69, 9.17) is 10.5 Å². The number of ether oxygens (including phenoxy) is 1. The molecule has 1 aromatic rings. The molecule has 1 rings (SSSR count). The highest BCUT2D eigenvalue weighted by atomic mass is 19.3. The summed E-state index contributed by atoms with van der Waals surface area (Å²) in [6, 6.07) is 3.55. The summed E-state index contributed by atoms with van der Waals surface area (Å²) in [6.45, 7) is 1.11. The molecule has 1 aromatic carbocycles. The van der Waals surface area contributed by atoms with E-state index in [2.05, 4.69) is 0 Å². The summed E-state index contributed by atoms with van der Waals surface area (Å²) in [6.07, 6.45) is -2.82. The average molecular weight is 246 g/mol. The second-order valence-electron chi connectivity index (χ2n) is 3.73. The molecule has 94 valence electrons. The molecule has 0 amide bonds. The molecule has 0 saturated heterocycles. The van der Waals surface area contributed by atoms with Crippen molar-refractivity contribution >= 4 is 5.69 Å². The van der Waals surface area contributed by atoms with E-state index in [1.165, 1.54) is 19.2 Å². The smallest absolute Gasteiger partial charge is 0.311 e. The summed E-state index contributed by atoms with van der Waals surface area (Å²) in [7, 11) is 1.26. The number of nitrogens with two attached hydrogens (primary N) is 1. The predicted octanol–water partition coefficient (Wildman–Crippen LogP) is 2.04. The number of halogens is 2. The second-order valence-corrected chi connectivity index (χ2v) is 3.73. The molecule has 0 aromatic heterocycles. The fourth-order valence-corrected chi connectivity index (χ4v) is 1.29. The number of rotatable bonds is 4. The summed E-state index contributed by atoms with van der Waals surface area (Å²) in [5.41, 5.74) is 3.09. The van der Waals surface area contributed by atoms with Crippen molar-refractivity contribution < 1.29 is 18.4 Å². The van der Waals surface area contributed by atoms with Crippen LogP contribution in [0.5, 0.6) is 5.75 Å². The van der Waals surface area contributed by atoms with E-state index in [1.807, 2.05) is 0 Å². The van der Waals surface area contributed by atoms with Crippen molar-refractivity contribution in [2.75, 3.05) is 7.11 Å². The van der Waals surface area contributed by atoms with Crippen LogP contribution in [-0.4, -0.2) is 18.5 Å². The molecule has 0 spiro atoms. The first kappa shape index (κ1) is 13.3. The lowest BCUT2D eigenvalue weighted by atomic mass is 9.93. The van der Waals surface area contributed by atoms with Gasteiger partial charge in [-0.3, -0.25) is 10.1 Å². The fraction of sp³-hybridized carbons (Fsp3) is 0.400. The maximum Gasteiger partial charge on any atom is 0.311 e. The van der Waals surface area contributed by atoms with E-state index in [1.54, 1.807) is 0 Å². The number of hydrogen-bond acceptors (Lipinski definition) is 4. The van der Waals surface area contributed by atoms with Crippen LogP contribution in [0.3, 0.4) is 0 Å². The van der Waals surface area contributed by atoms with Crippen molar-refractivity contribution in [1.82, 2.24) is 0 Å². The van der Waals surface area contributed by atoms with E-state index in [-0.39, 0.29) is 17.0 Å². The van der Waals surface area contributed by atoms with Gasteiger partial charge in [0.15, 0.2) is 5.75 Å². The summed E-state index contributed by atoms with van der Waals surface area (Å²) in [4.78, 5) is 10.0. The summed E-state index contributed by atoms with van der Waals surface area (Å²) in [5, 5.41) is 10.7. The summed E-state index contributed by atoms with van der Waals surface area (Å²) >= 11 is 0. The topological polar surface area (TPSA) is 78.4 Å². The van der Waals surface area contributed by atoms with Gasteiger partial charge < -0.3 is 10.5 Å². The van der Waals surface area contributed by atoms with Gasteiger partial charge in [-0.1, -0.05) is 6.07 Å². The lowest BCUT2D eigenvalue weighted by Gasteiger charge is -2.24. The van der Waals surface area contributed by atoms with Gasteiger partial charge in [-0.25, -0.2) is 8.78 Å². The Morgan fingerprint density at radius 1 is 1.53 bits per heavy atom. The molecular weight excluding hydrogens is 234 g/mol. The molecule has 0 aliphatic rings. The monoisotopic (exact) mass is 246 g/mol. The first-order chi connectivity index (χ1) is 7.80. The molecule has 0 radical (unpaired) electrons. The highest BCUT2D eigenvalue weighted by molar-refractivity contribution is 5.50. The van der Waals surface area contributed by atoms with Crippen LogP contribution in [0.4, 0.5) is 14.5 Å². The zero-order valence-electron chi connectivity index (χ0n) is 9.31. The van der Waals surface area contributed by atoms with Crippen LogP contribution < -0.4 is 10.5 Å². The lowest BCUT2D eigenvalue weighted by molar-refractivity contribution is -0.385. The average Bonchev–Trinajstić information content (AvgIpc) is 2.27. The zero-order valence-corrected chi connectivity index (χ0v) is 9.31. The Hall–Kier alpha value is -1.76. The number of alkyl halides is 2. The van der Waals surface area contributed by atoms with Crippen molar-refractivity contribution in [3.8, 4) is 5.75 Å². The van der Waals surface area contributed by atoms with Crippen LogP contribution in [-0.2, 0) is 5.54 Å². The summed E-state index contributed by atoms with van der Waals surface area (Å²) in [5.74, 6) is 0.00353. The van der Waals surface area contributed by atoms with Gasteiger partial charge in [0.2, 0.25) is 0 Å². The number of methoxy groups -OCH3 is 1. The van der Waals surface area contributed by atoms with Crippen LogP contribution in [0.2, 0.25) is 0 Å². The van der Waals surface area contributed by atoms with Crippen LogP contribution in [0.1, 0.15) is 12.5 Å². The SMILES string of the molecule is COc1ccc(C(C)(N)C(F)F)cc1[N+](=O)[O-]. The Bertz CT molecular complexity index is 436. The number of nitro benzene ring substituents is 1. The van der Waals surface area contributed by atoms with Crippen molar-refractivity contribution in [3.05, 3.63) is 33.9 Å². The predicted molar refractivity (Wildman–Crippen MR) is 57.2 cm³/mol. The highest BCUT2D eigenvalue weighted by Gasteiger charge is 2.34. The fourth-order valence-electron chi connectivity index (χ4n) is 1.29. The molecule has 7 heteroatoms. The Morgan fingerprint density at radius 2 is 2.12 bits per heavy atom. The van der Waals surface area contributed by atoms with Gasteiger partial charge in [0.1, 0.15) is 0 Å². The lowest BCUT2D eigenvalue weighted by Crippen LogP contribution is -2.40. The maximum absolute atomic E-state index is 12.7. The normalized spacial score (nSPS) is 14.5. The molecular formula is C10H12F2N2O3. The van der Waals surface area contributed by atoms with Crippen molar-refractivity contribution in [1.29, 1.82) is 0 Å². The van der Waals surface area contributed by atoms with Crippen LogP contribution in [0.25, 0.3) is 0 Å². The molecule has 0 aliphatic heterocycles. The minimum atomic E-state index is -2.82. The number of nitro groups is 1. The molecule has 1 unspecified atom stereocenters. The molecule has 0 aliphatic carbocycles. The van der Waals surface area contributed by atoms with E-state index >= 15 is 0 Å². The van der Waals surface area contributed by atoms with E-state index in [9.17, 15) is 18.9 Å². The Labute approximate surface area is 96.3 Å². The largest absolute Gasteiger partial charge is 0.490 e. The van der Waals surface area contributed by atoms with Crippen LogP contribution >= 0.6 is 0 Å². The maximum atomic E-state index is 12.7. The first-order valence-electron chi connectivity index (χ1n) is 4.70. The van der Waals surface area contributed by atoms with Crippen LogP contribution in [0, 0.1) is 10.1 Å². The van der Waals surface area contributed by atoms with Crippen molar-refractivity contribution in [2.45, 2.75) is 18.9 Å². The Morgan fingerprint density at radius 3 is 2.53 bits per heavy atom. The molecule has 2 N–H and O–H groups in total. The second kappa shape index (κ2) is 4.62. The van der Waals surface area contributed by atoms with Crippen molar-refractivity contribution in [3.63, 3.8) is 0 Å². The third-order valence-electron chi connectivity index (χ3n) is 2.45. The van der Waals surface area contributed by atoms with Gasteiger partial charge in [0, 0.05) is 6.07 Å². The quantitative estimate of drug-likeness (QED) is 0.651. The van der Waals surface area contributed by atoms with Gasteiger partial charge in [-0.2, -0.15) is 0 Å². The van der Waals surface area contributed by atoms with Crippen molar-refractivity contribution in [2.24, 2.45) is 5.73 Å². The Kier molecular flexibility index (Phi) is 3.62. The minimum absolute atomic E-state index is 0.00353. The van der Waals surface area contributed by atoms with E-state index in [0.29, 0.717) is 0 Å². The molecule has 0 bridgehead atoms. The van der Waals surface area contributed by atoms with Gasteiger partial charge in [-0.05, 0) is 18.6 Å².